The van der Waals surface area contributed by atoms with Crippen LogP contribution >= 0.6 is 0 Å². The number of piperidine rings is 1. The van der Waals surface area contributed by atoms with Crippen LogP contribution in [0.1, 0.15) is 31.2 Å². The molecule has 7 heteroatoms. The van der Waals surface area contributed by atoms with E-state index in [0.29, 0.717) is 17.9 Å². The average molecular weight is 286 g/mol. The van der Waals surface area contributed by atoms with Gasteiger partial charge in [0.1, 0.15) is 16.4 Å². The van der Waals surface area contributed by atoms with Crippen LogP contribution in [0.15, 0.2) is 9.42 Å². The predicted molar refractivity (Wildman–Crippen MR) is 68.1 cm³/mol. The minimum Gasteiger partial charge on any atom is -0.360 e. The smallest absolute Gasteiger partial charge is 0.248 e. The summed E-state index contributed by atoms with van der Waals surface area (Å²) in [5, 5.41) is 3.68. The van der Waals surface area contributed by atoms with E-state index in [-0.39, 0.29) is 36.1 Å². The zero-order valence-corrected chi connectivity index (χ0v) is 12.2. The highest BCUT2D eigenvalue weighted by atomic mass is 32.2. The van der Waals surface area contributed by atoms with Crippen molar-refractivity contribution in [2.75, 3.05) is 13.1 Å². The molecular weight excluding hydrogens is 268 g/mol. The number of sulfonamides is 1. The molecule has 1 atom stereocenters. The third kappa shape index (κ3) is 2.44. The Morgan fingerprint density at radius 2 is 2.11 bits per heavy atom. The predicted octanol–water partition coefficient (Wildman–Crippen LogP) is 1.28. The topological polar surface area (TPSA) is 80.5 Å². The van der Waals surface area contributed by atoms with Crippen LogP contribution in [0.4, 0.5) is 0 Å². The van der Waals surface area contributed by atoms with Gasteiger partial charge in [-0.05, 0) is 20.3 Å². The lowest BCUT2D eigenvalue weighted by molar-refractivity contribution is -0.125. The lowest BCUT2D eigenvalue weighted by Crippen LogP contribution is -2.44. The highest BCUT2D eigenvalue weighted by Gasteiger charge is 2.36. The Hall–Kier alpha value is -1.21. The van der Waals surface area contributed by atoms with Gasteiger partial charge >= 0.3 is 0 Å². The van der Waals surface area contributed by atoms with Gasteiger partial charge in [0.05, 0.1) is 0 Å². The summed E-state index contributed by atoms with van der Waals surface area (Å²) in [7, 11) is -3.62. The first-order valence-electron chi connectivity index (χ1n) is 6.33. The monoisotopic (exact) mass is 286 g/mol. The molecule has 2 rings (SSSR count). The fraction of sp³-hybridized carbons (Fsp3) is 0.667. The molecule has 1 aromatic heterocycles. The molecule has 1 saturated heterocycles. The van der Waals surface area contributed by atoms with E-state index in [9.17, 15) is 13.2 Å². The SMILES string of the molecule is CCC1CN(S(=O)(=O)c2c(C)noc2C)CCC1=O. The average Bonchev–Trinajstić information content (AvgIpc) is 2.69. The molecule has 0 aliphatic carbocycles. The van der Waals surface area contributed by atoms with Gasteiger partial charge in [0.15, 0.2) is 5.76 Å². The molecule has 1 aromatic rings. The van der Waals surface area contributed by atoms with Crippen molar-refractivity contribution in [2.45, 2.75) is 38.5 Å². The number of nitrogens with zero attached hydrogens (tertiary/aromatic N) is 2. The molecule has 6 nitrogen and oxygen atoms in total. The molecule has 0 amide bonds. The quantitative estimate of drug-likeness (QED) is 0.836. The molecule has 1 unspecified atom stereocenters. The molecule has 2 heterocycles. The summed E-state index contributed by atoms with van der Waals surface area (Å²) in [4.78, 5) is 11.8. The first kappa shape index (κ1) is 14.2. The number of rotatable bonds is 3. The standard InChI is InChI=1S/C12H18N2O4S/c1-4-10-7-14(6-5-11(10)15)19(16,17)12-8(2)13-18-9(12)3/h10H,4-7H2,1-3H3. The molecule has 0 N–H and O–H groups in total. The highest BCUT2D eigenvalue weighted by molar-refractivity contribution is 7.89. The highest BCUT2D eigenvalue weighted by Crippen LogP contribution is 2.27. The van der Waals surface area contributed by atoms with Crippen LogP contribution in [0.2, 0.25) is 0 Å². The molecule has 1 fully saturated rings. The second-order valence-corrected chi connectivity index (χ2v) is 6.71. The largest absolute Gasteiger partial charge is 0.360 e. The fourth-order valence-corrected chi connectivity index (χ4v) is 4.20. The minimum atomic E-state index is -3.62. The van der Waals surface area contributed by atoms with Crippen molar-refractivity contribution in [2.24, 2.45) is 5.92 Å². The maximum Gasteiger partial charge on any atom is 0.248 e. The van der Waals surface area contributed by atoms with Gasteiger partial charge in [-0.15, -0.1) is 0 Å². The Morgan fingerprint density at radius 1 is 1.42 bits per heavy atom. The van der Waals surface area contributed by atoms with Crippen LogP contribution in [-0.2, 0) is 14.8 Å². The lowest BCUT2D eigenvalue weighted by atomic mass is 9.96. The van der Waals surface area contributed by atoms with Crippen molar-refractivity contribution in [1.82, 2.24) is 9.46 Å². The molecule has 1 aliphatic heterocycles. The number of hydrogen-bond acceptors (Lipinski definition) is 5. The molecule has 19 heavy (non-hydrogen) atoms. The van der Waals surface area contributed by atoms with Gasteiger partial charge in [0.25, 0.3) is 0 Å². The van der Waals surface area contributed by atoms with Gasteiger partial charge in [-0.1, -0.05) is 12.1 Å². The van der Waals surface area contributed by atoms with Gasteiger partial charge in [-0.2, -0.15) is 4.31 Å². The van der Waals surface area contributed by atoms with Crippen molar-refractivity contribution < 1.29 is 17.7 Å². The van der Waals surface area contributed by atoms with Gasteiger partial charge in [-0.25, -0.2) is 8.42 Å². The van der Waals surface area contributed by atoms with Crippen LogP contribution in [0.25, 0.3) is 0 Å². The summed E-state index contributed by atoms with van der Waals surface area (Å²) in [5.74, 6) is 0.235. The van der Waals surface area contributed by atoms with Crippen molar-refractivity contribution in [3.05, 3.63) is 11.5 Å². The van der Waals surface area contributed by atoms with Gasteiger partial charge in [0.2, 0.25) is 10.0 Å². The van der Waals surface area contributed by atoms with Crippen LogP contribution < -0.4 is 0 Å². The van der Waals surface area contributed by atoms with E-state index < -0.39 is 10.0 Å². The summed E-state index contributed by atoms with van der Waals surface area (Å²) in [6.45, 7) is 5.58. The summed E-state index contributed by atoms with van der Waals surface area (Å²) in [5.41, 5.74) is 0.363. The van der Waals surface area contributed by atoms with Crippen LogP contribution in [0, 0.1) is 19.8 Å². The Morgan fingerprint density at radius 3 is 2.63 bits per heavy atom. The molecular formula is C12H18N2O4S. The van der Waals surface area contributed by atoms with E-state index in [1.807, 2.05) is 6.92 Å². The molecule has 106 valence electrons. The molecule has 0 radical (unpaired) electrons. The van der Waals surface area contributed by atoms with E-state index >= 15 is 0 Å². The second-order valence-electron chi connectivity index (χ2n) is 4.84. The first-order chi connectivity index (χ1) is 8.87. The normalized spacial score (nSPS) is 21.8. The number of carbonyl (C=O) groups is 1. The maximum absolute atomic E-state index is 12.6. The molecule has 0 saturated carbocycles. The third-order valence-electron chi connectivity index (χ3n) is 3.55. The fourth-order valence-electron chi connectivity index (χ4n) is 2.42. The molecule has 0 bridgehead atoms. The number of hydrogen-bond donors (Lipinski definition) is 0. The van der Waals surface area contributed by atoms with E-state index in [2.05, 4.69) is 5.16 Å². The number of Topliss-reactive ketones (excluding diaryl/α,β-unsaturated/α-hetero) is 1. The van der Waals surface area contributed by atoms with Gasteiger partial charge < -0.3 is 4.52 Å². The van der Waals surface area contributed by atoms with Crippen LogP contribution in [0.5, 0.6) is 0 Å². The van der Waals surface area contributed by atoms with E-state index in [1.165, 1.54) is 4.31 Å². The Labute approximate surface area is 112 Å². The zero-order chi connectivity index (χ0) is 14.2. The summed E-state index contributed by atoms with van der Waals surface area (Å²) >= 11 is 0. The van der Waals surface area contributed by atoms with Crippen molar-refractivity contribution >= 4 is 15.8 Å². The van der Waals surface area contributed by atoms with E-state index in [4.69, 9.17) is 4.52 Å². The number of ketones is 1. The summed E-state index contributed by atoms with van der Waals surface area (Å²) in [6.07, 6.45) is 0.938. The van der Waals surface area contributed by atoms with Crippen molar-refractivity contribution in [3.63, 3.8) is 0 Å². The molecule has 0 aromatic carbocycles. The van der Waals surface area contributed by atoms with E-state index in [0.717, 1.165) is 0 Å². The van der Waals surface area contributed by atoms with Crippen LogP contribution in [0.3, 0.4) is 0 Å². The molecule has 1 aliphatic rings. The Kier molecular flexibility index (Phi) is 3.78. The maximum atomic E-state index is 12.6. The third-order valence-corrected chi connectivity index (χ3v) is 5.66. The Balaban J connectivity index is 2.33. The van der Waals surface area contributed by atoms with Crippen LogP contribution in [-0.4, -0.2) is 36.8 Å². The van der Waals surface area contributed by atoms with Crippen molar-refractivity contribution in [1.29, 1.82) is 0 Å². The Bertz CT molecular complexity index is 571. The number of aromatic nitrogens is 1. The number of aryl methyl sites for hydroxylation is 2. The number of carbonyl (C=O) groups excluding carboxylic acids is 1. The first-order valence-corrected chi connectivity index (χ1v) is 7.77. The lowest BCUT2D eigenvalue weighted by Gasteiger charge is -2.30. The summed E-state index contributed by atoms with van der Waals surface area (Å²) in [6, 6.07) is 0. The summed E-state index contributed by atoms with van der Waals surface area (Å²) < 4.78 is 31.4. The molecule has 0 spiro atoms. The van der Waals surface area contributed by atoms with Crippen molar-refractivity contribution in [3.8, 4) is 0 Å². The van der Waals surface area contributed by atoms with Gasteiger partial charge in [0, 0.05) is 25.4 Å². The van der Waals surface area contributed by atoms with Gasteiger partial charge in [-0.3, -0.25) is 4.79 Å². The minimum absolute atomic E-state index is 0.136. The van der Waals surface area contributed by atoms with E-state index in [1.54, 1.807) is 13.8 Å². The zero-order valence-electron chi connectivity index (χ0n) is 11.3. The second kappa shape index (κ2) is 5.05.